The maximum Gasteiger partial charge on any atom is 0.210 e. The Hall–Kier alpha value is -0.460. The Morgan fingerprint density at radius 2 is 1.90 bits per heavy atom. The monoisotopic (exact) mass is 546 g/mol. The molecule has 0 unspecified atom stereocenters. The quantitative estimate of drug-likeness (QED) is 0.461. The van der Waals surface area contributed by atoms with Crippen molar-refractivity contribution in [3.8, 4) is 17.1 Å². The first-order valence-corrected chi connectivity index (χ1v) is 8.52. The van der Waals surface area contributed by atoms with Gasteiger partial charge < -0.3 is 0 Å². The van der Waals surface area contributed by atoms with E-state index in [1.807, 2.05) is 6.07 Å². The number of hydrogen-bond acceptors (Lipinski definition) is 4. The fourth-order valence-electron chi connectivity index (χ4n) is 1.75. The predicted octanol–water partition coefficient (Wildman–Crippen LogP) is 3.58. The zero-order chi connectivity index (χ0) is 15.1. The first-order valence-electron chi connectivity index (χ1n) is 5.61. The second-order valence-electron chi connectivity index (χ2n) is 4.07. The molecule has 0 aliphatic heterocycles. The lowest BCUT2D eigenvalue weighted by molar-refractivity contribution is 0.630. The maximum absolute atomic E-state index is 6.25. The third-order valence-electron chi connectivity index (χ3n) is 2.66. The van der Waals surface area contributed by atoms with Crippen LogP contribution in [0.3, 0.4) is 0 Å². The van der Waals surface area contributed by atoms with Crippen LogP contribution in [0, 0.1) is 7.40 Å². The van der Waals surface area contributed by atoms with E-state index in [-0.39, 0.29) is 0 Å². The van der Waals surface area contributed by atoms with Crippen LogP contribution in [0.2, 0.25) is 10.0 Å². The SMILES string of the molecule is Cn1nnc(-c2c(I)nn(-c3ccc(Cl)cc3Cl)c2I)n1. The minimum Gasteiger partial charge on any atom is -0.224 e. The molecule has 0 bridgehead atoms. The van der Waals surface area contributed by atoms with Crippen molar-refractivity contribution in [2.24, 2.45) is 7.05 Å². The number of aromatic nitrogens is 6. The van der Waals surface area contributed by atoms with Gasteiger partial charge in [-0.2, -0.15) is 9.90 Å². The molecule has 108 valence electrons. The Bertz CT molecular complexity index is 828. The summed E-state index contributed by atoms with van der Waals surface area (Å²) in [5, 5.41) is 17.7. The van der Waals surface area contributed by atoms with Crippen LogP contribution in [0.25, 0.3) is 17.1 Å². The zero-order valence-corrected chi connectivity index (χ0v) is 16.3. The van der Waals surface area contributed by atoms with Crippen molar-refractivity contribution in [3.05, 3.63) is 35.6 Å². The minimum absolute atomic E-state index is 0.526. The van der Waals surface area contributed by atoms with Gasteiger partial charge in [-0.1, -0.05) is 23.2 Å². The number of aryl methyl sites for hydroxylation is 1. The van der Waals surface area contributed by atoms with Crippen LogP contribution in [-0.2, 0) is 7.05 Å². The van der Waals surface area contributed by atoms with E-state index in [1.54, 1.807) is 23.9 Å². The van der Waals surface area contributed by atoms with Gasteiger partial charge in [-0.25, -0.2) is 4.68 Å². The topological polar surface area (TPSA) is 61.4 Å². The third-order valence-corrected chi connectivity index (χ3v) is 4.95. The molecule has 21 heavy (non-hydrogen) atoms. The van der Waals surface area contributed by atoms with E-state index in [0.29, 0.717) is 15.9 Å². The van der Waals surface area contributed by atoms with Crippen molar-refractivity contribution in [3.63, 3.8) is 0 Å². The Balaban J connectivity index is 2.18. The maximum atomic E-state index is 6.25. The summed E-state index contributed by atoms with van der Waals surface area (Å²) in [6.07, 6.45) is 0. The summed E-state index contributed by atoms with van der Waals surface area (Å²) in [4.78, 5) is 1.41. The molecule has 3 aromatic rings. The number of hydrogen-bond donors (Lipinski definition) is 0. The lowest BCUT2D eigenvalue weighted by Gasteiger charge is -2.06. The van der Waals surface area contributed by atoms with Gasteiger partial charge in [0.2, 0.25) is 5.82 Å². The van der Waals surface area contributed by atoms with Gasteiger partial charge in [-0.3, -0.25) is 0 Å². The normalized spacial score (nSPS) is 11.1. The molecule has 3 rings (SSSR count). The molecule has 1 aromatic carbocycles. The summed E-state index contributed by atoms with van der Waals surface area (Å²) in [5.74, 6) is 0.530. The fraction of sp³-hybridized carbons (Fsp3) is 0.0909. The van der Waals surface area contributed by atoms with E-state index < -0.39 is 0 Å². The van der Waals surface area contributed by atoms with Gasteiger partial charge >= 0.3 is 0 Å². The predicted molar refractivity (Wildman–Crippen MR) is 96.8 cm³/mol. The van der Waals surface area contributed by atoms with Crippen LogP contribution in [0.4, 0.5) is 0 Å². The number of nitrogens with zero attached hydrogens (tertiary/aromatic N) is 6. The highest BCUT2D eigenvalue weighted by atomic mass is 127. The molecule has 0 N–H and O–H groups in total. The Kier molecular flexibility index (Phi) is 4.39. The van der Waals surface area contributed by atoms with Gasteiger partial charge in [0.05, 0.1) is 23.3 Å². The molecule has 2 aromatic heterocycles. The molecule has 0 aliphatic rings. The standard InChI is InChI=1S/C11H6Cl2I2N6/c1-20-18-11(16-19-20)8-9(14)17-21(10(8)15)7-3-2-5(12)4-6(7)13/h2-4H,1H3. The molecular formula is C11H6Cl2I2N6. The largest absolute Gasteiger partial charge is 0.224 e. The highest BCUT2D eigenvalue weighted by Gasteiger charge is 2.21. The average molecular weight is 547 g/mol. The van der Waals surface area contributed by atoms with Gasteiger partial charge in [0.25, 0.3) is 0 Å². The Morgan fingerprint density at radius 1 is 1.14 bits per heavy atom. The van der Waals surface area contributed by atoms with E-state index in [4.69, 9.17) is 23.2 Å². The molecule has 0 saturated carbocycles. The molecular weight excluding hydrogens is 541 g/mol. The first kappa shape index (κ1) is 15.4. The third kappa shape index (κ3) is 2.90. The smallest absolute Gasteiger partial charge is 0.210 e. The van der Waals surface area contributed by atoms with Gasteiger partial charge in [0.15, 0.2) is 0 Å². The van der Waals surface area contributed by atoms with E-state index in [1.165, 1.54) is 4.80 Å². The first-order chi connectivity index (χ1) is 9.97. The van der Waals surface area contributed by atoms with Crippen LogP contribution < -0.4 is 0 Å². The van der Waals surface area contributed by atoms with Gasteiger partial charge in [-0.15, -0.1) is 10.2 Å². The second kappa shape index (κ2) is 5.97. The molecule has 0 aliphatic carbocycles. The summed E-state index contributed by atoms with van der Waals surface area (Å²) in [7, 11) is 1.72. The molecule has 0 radical (unpaired) electrons. The van der Waals surface area contributed by atoms with Crippen LogP contribution in [0.15, 0.2) is 18.2 Å². The summed E-state index contributed by atoms with van der Waals surface area (Å²) >= 11 is 16.5. The number of rotatable bonds is 2. The molecule has 0 fully saturated rings. The van der Waals surface area contributed by atoms with Crippen molar-refractivity contribution < 1.29 is 0 Å². The van der Waals surface area contributed by atoms with E-state index >= 15 is 0 Å². The lowest BCUT2D eigenvalue weighted by Crippen LogP contribution is -2.00. The summed E-state index contributed by atoms with van der Waals surface area (Å²) in [6, 6.07) is 5.28. The van der Waals surface area contributed by atoms with Crippen LogP contribution >= 0.6 is 68.4 Å². The molecule has 2 heterocycles. The number of benzene rings is 1. The van der Waals surface area contributed by atoms with E-state index in [0.717, 1.165) is 18.7 Å². The molecule has 10 heteroatoms. The van der Waals surface area contributed by atoms with Crippen LogP contribution in [0.5, 0.6) is 0 Å². The number of tetrazole rings is 1. The highest BCUT2D eigenvalue weighted by molar-refractivity contribution is 14.1. The fourth-order valence-corrected chi connectivity index (χ4v) is 4.34. The van der Waals surface area contributed by atoms with Crippen molar-refractivity contribution in [1.29, 1.82) is 0 Å². The van der Waals surface area contributed by atoms with Gasteiger partial charge in [0, 0.05) is 5.02 Å². The second-order valence-corrected chi connectivity index (χ2v) is 6.95. The lowest BCUT2D eigenvalue weighted by atomic mass is 10.3. The van der Waals surface area contributed by atoms with Crippen molar-refractivity contribution in [1.82, 2.24) is 30.0 Å². The molecule has 0 amide bonds. The average Bonchev–Trinajstić information content (AvgIpc) is 2.94. The van der Waals surface area contributed by atoms with Crippen molar-refractivity contribution >= 4 is 68.4 Å². The molecule has 6 nitrogen and oxygen atoms in total. The number of halogens is 4. The van der Waals surface area contributed by atoms with Crippen LogP contribution in [-0.4, -0.2) is 30.0 Å². The van der Waals surface area contributed by atoms with Gasteiger partial charge in [-0.05, 0) is 68.6 Å². The van der Waals surface area contributed by atoms with E-state index in [9.17, 15) is 0 Å². The van der Waals surface area contributed by atoms with E-state index in [2.05, 4.69) is 65.7 Å². The van der Waals surface area contributed by atoms with Gasteiger partial charge in [0.1, 0.15) is 7.40 Å². The summed E-state index contributed by atoms with van der Waals surface area (Å²) in [5.41, 5.74) is 1.58. The zero-order valence-electron chi connectivity index (χ0n) is 10.4. The minimum atomic E-state index is 0.526. The molecule has 0 spiro atoms. The van der Waals surface area contributed by atoms with Crippen LogP contribution in [0.1, 0.15) is 0 Å². The highest BCUT2D eigenvalue weighted by Crippen LogP contribution is 2.32. The summed E-state index contributed by atoms with van der Waals surface area (Å²) in [6.45, 7) is 0. The molecule has 0 saturated heterocycles. The Labute approximate surface area is 157 Å². The summed E-state index contributed by atoms with van der Waals surface area (Å²) < 4.78 is 3.37. The Morgan fingerprint density at radius 3 is 2.52 bits per heavy atom. The van der Waals surface area contributed by atoms with Crippen molar-refractivity contribution in [2.45, 2.75) is 0 Å². The van der Waals surface area contributed by atoms with Crippen molar-refractivity contribution in [2.75, 3.05) is 0 Å². The molecule has 0 atom stereocenters.